The molecule has 5 atom stereocenters. The number of alkyl halides is 1. The molecular weight excluding hydrogens is 171 g/mol. The van der Waals surface area contributed by atoms with Crippen molar-refractivity contribution in [2.75, 3.05) is 6.67 Å². The van der Waals surface area contributed by atoms with E-state index in [1.165, 1.54) is 0 Å². The maximum absolute atomic E-state index is 11.9. The summed E-state index contributed by atoms with van der Waals surface area (Å²) in [5.41, 5.74) is 0. The summed E-state index contributed by atoms with van der Waals surface area (Å²) < 4.78 is 16.4. The van der Waals surface area contributed by atoms with E-state index < -0.39 is 37.4 Å². The van der Waals surface area contributed by atoms with Crippen molar-refractivity contribution in [3.63, 3.8) is 0 Å². The van der Waals surface area contributed by atoms with E-state index in [2.05, 4.69) is 4.74 Å². The number of aliphatic hydroxyl groups excluding tert-OH is 4. The van der Waals surface area contributed by atoms with Gasteiger partial charge in [-0.25, -0.2) is 4.39 Å². The van der Waals surface area contributed by atoms with E-state index in [9.17, 15) is 4.39 Å². The summed E-state index contributed by atoms with van der Waals surface area (Å²) in [5, 5.41) is 35.7. The van der Waals surface area contributed by atoms with Crippen LogP contribution in [0.2, 0.25) is 0 Å². The molecule has 1 rings (SSSR count). The van der Waals surface area contributed by atoms with Gasteiger partial charge < -0.3 is 25.2 Å². The Kier molecular flexibility index (Phi) is 2.97. The Balaban J connectivity index is 2.58. The zero-order chi connectivity index (χ0) is 9.30. The zero-order valence-corrected chi connectivity index (χ0v) is 6.17. The molecule has 5 nitrogen and oxygen atoms in total. The van der Waals surface area contributed by atoms with E-state index >= 15 is 0 Å². The van der Waals surface area contributed by atoms with Gasteiger partial charge in [0.25, 0.3) is 0 Å². The fourth-order valence-corrected chi connectivity index (χ4v) is 1.09. The molecule has 0 saturated carbocycles. The molecule has 1 saturated heterocycles. The van der Waals surface area contributed by atoms with Crippen molar-refractivity contribution in [3.05, 3.63) is 0 Å². The second-order valence-corrected chi connectivity index (χ2v) is 2.69. The molecule has 6 heteroatoms. The van der Waals surface area contributed by atoms with E-state index in [1.54, 1.807) is 0 Å². The number of aliphatic hydroxyl groups is 4. The van der Waals surface area contributed by atoms with Crippen molar-refractivity contribution in [1.29, 1.82) is 0 Å². The lowest BCUT2D eigenvalue weighted by molar-refractivity contribution is -0.147. The van der Waals surface area contributed by atoms with E-state index in [4.69, 9.17) is 20.4 Å². The maximum atomic E-state index is 11.9. The highest BCUT2D eigenvalue weighted by Gasteiger charge is 2.45. The number of halogens is 1. The second-order valence-electron chi connectivity index (χ2n) is 2.69. The zero-order valence-electron chi connectivity index (χ0n) is 6.17. The fraction of sp³-hybridized carbons (Fsp3) is 1.00. The van der Waals surface area contributed by atoms with Gasteiger partial charge >= 0.3 is 0 Å². The Morgan fingerprint density at radius 1 is 1.25 bits per heavy atom. The first-order valence-electron chi connectivity index (χ1n) is 3.51. The van der Waals surface area contributed by atoms with Gasteiger partial charge in [0.2, 0.25) is 0 Å². The van der Waals surface area contributed by atoms with Crippen LogP contribution in [0.1, 0.15) is 0 Å². The van der Waals surface area contributed by atoms with Gasteiger partial charge in [-0.2, -0.15) is 0 Å². The molecule has 1 aliphatic heterocycles. The van der Waals surface area contributed by atoms with Crippen LogP contribution in [0.15, 0.2) is 0 Å². The lowest BCUT2D eigenvalue weighted by Crippen LogP contribution is -2.39. The largest absolute Gasteiger partial charge is 0.388 e. The summed E-state index contributed by atoms with van der Waals surface area (Å²) in [6.45, 7) is -1.10. The molecule has 0 amide bonds. The Hall–Kier alpha value is -0.270. The van der Waals surface area contributed by atoms with Gasteiger partial charge in [0.05, 0.1) is 0 Å². The van der Waals surface area contributed by atoms with Crippen LogP contribution in [0.3, 0.4) is 0 Å². The van der Waals surface area contributed by atoms with Crippen molar-refractivity contribution in [2.24, 2.45) is 0 Å². The highest BCUT2D eigenvalue weighted by Crippen LogP contribution is 2.22. The molecule has 0 aromatic carbocycles. The average Bonchev–Trinajstić information content (AvgIpc) is 2.32. The number of ether oxygens (including phenoxy) is 1. The summed E-state index contributed by atoms with van der Waals surface area (Å²) in [6, 6.07) is 0. The molecule has 1 fully saturated rings. The molecule has 12 heavy (non-hydrogen) atoms. The molecule has 0 spiro atoms. The van der Waals surface area contributed by atoms with E-state index in [1.807, 2.05) is 0 Å². The molecule has 0 radical (unpaired) electrons. The predicted molar refractivity (Wildman–Crippen MR) is 34.9 cm³/mol. The smallest absolute Gasteiger partial charge is 0.184 e. The monoisotopic (exact) mass is 182 g/mol. The normalized spacial score (nSPS) is 44.8. The van der Waals surface area contributed by atoms with Crippen molar-refractivity contribution in [3.8, 4) is 0 Å². The van der Waals surface area contributed by atoms with Crippen LogP contribution >= 0.6 is 0 Å². The summed E-state index contributed by atoms with van der Waals surface area (Å²) in [6.07, 6.45) is -7.29. The van der Waals surface area contributed by atoms with Crippen molar-refractivity contribution >= 4 is 0 Å². The minimum absolute atomic E-state index is 1.10. The molecule has 0 unspecified atom stereocenters. The summed E-state index contributed by atoms with van der Waals surface area (Å²) >= 11 is 0. The molecule has 72 valence electrons. The Labute approximate surface area is 68.0 Å². The van der Waals surface area contributed by atoms with Gasteiger partial charge in [-0.15, -0.1) is 0 Å². The summed E-state index contributed by atoms with van der Waals surface area (Å²) in [5.74, 6) is 0. The highest BCUT2D eigenvalue weighted by atomic mass is 19.1. The summed E-state index contributed by atoms with van der Waals surface area (Å²) in [4.78, 5) is 0. The van der Waals surface area contributed by atoms with E-state index in [0.717, 1.165) is 0 Å². The molecule has 0 bridgehead atoms. The van der Waals surface area contributed by atoms with Crippen LogP contribution < -0.4 is 0 Å². The van der Waals surface area contributed by atoms with Crippen LogP contribution in [0.5, 0.6) is 0 Å². The molecule has 0 aromatic heterocycles. The van der Waals surface area contributed by atoms with Gasteiger partial charge in [0.15, 0.2) is 6.29 Å². The Bertz CT molecular complexity index is 155. The van der Waals surface area contributed by atoms with Crippen LogP contribution in [0, 0.1) is 0 Å². The Morgan fingerprint density at radius 2 is 1.83 bits per heavy atom. The van der Waals surface area contributed by atoms with E-state index in [0.29, 0.717) is 0 Å². The molecule has 0 aromatic rings. The van der Waals surface area contributed by atoms with Gasteiger partial charge in [-0.3, -0.25) is 0 Å². The molecular formula is C6H11FO5. The lowest BCUT2D eigenvalue weighted by Gasteiger charge is -2.17. The number of rotatable bonds is 2. The first kappa shape index (κ1) is 9.82. The third-order valence-corrected chi connectivity index (χ3v) is 1.81. The predicted octanol–water partition coefficient (Wildman–Crippen LogP) is -2.24. The third kappa shape index (κ3) is 1.57. The molecule has 4 N–H and O–H groups in total. The van der Waals surface area contributed by atoms with Gasteiger partial charge in [-0.05, 0) is 0 Å². The highest BCUT2D eigenvalue weighted by molar-refractivity contribution is 4.89. The van der Waals surface area contributed by atoms with Gasteiger partial charge in [0, 0.05) is 0 Å². The average molecular weight is 182 g/mol. The van der Waals surface area contributed by atoms with Crippen molar-refractivity contribution < 1.29 is 29.6 Å². The van der Waals surface area contributed by atoms with Crippen molar-refractivity contribution in [2.45, 2.75) is 30.7 Å². The first-order valence-corrected chi connectivity index (χ1v) is 3.51. The topological polar surface area (TPSA) is 90.2 Å². The molecule has 0 aliphatic carbocycles. The van der Waals surface area contributed by atoms with Gasteiger partial charge in [-0.1, -0.05) is 0 Å². The second kappa shape index (κ2) is 3.63. The third-order valence-electron chi connectivity index (χ3n) is 1.81. The van der Waals surface area contributed by atoms with Crippen LogP contribution in [-0.4, -0.2) is 57.8 Å². The fourth-order valence-electron chi connectivity index (χ4n) is 1.09. The lowest BCUT2D eigenvalue weighted by atomic mass is 10.1. The number of hydrogen-bond acceptors (Lipinski definition) is 5. The Morgan fingerprint density at radius 3 is 2.17 bits per heavy atom. The minimum atomic E-state index is -1.56. The van der Waals surface area contributed by atoms with E-state index in [-0.39, 0.29) is 0 Å². The summed E-state index contributed by atoms with van der Waals surface area (Å²) in [7, 11) is 0. The van der Waals surface area contributed by atoms with Gasteiger partial charge in [0.1, 0.15) is 31.1 Å². The van der Waals surface area contributed by atoms with Crippen LogP contribution in [0.4, 0.5) is 4.39 Å². The minimum Gasteiger partial charge on any atom is -0.388 e. The van der Waals surface area contributed by atoms with Crippen molar-refractivity contribution in [1.82, 2.24) is 0 Å². The SMILES string of the molecule is O[C@@H]1[C@@H](O)[C@@H](O)O[C@@H]1[C@@H](O)CF. The number of hydrogen-bond donors (Lipinski definition) is 4. The maximum Gasteiger partial charge on any atom is 0.184 e. The quantitative estimate of drug-likeness (QED) is 0.387. The molecule has 1 aliphatic rings. The molecule has 1 heterocycles. The van der Waals surface area contributed by atoms with Crippen LogP contribution in [0.25, 0.3) is 0 Å². The standard InChI is InChI=1S/C6H11FO5/c7-1-2(8)5-3(9)4(10)6(11)12-5/h2-6,8-11H,1H2/t2-,3+,4+,5+,6-/m0/s1. The first-order chi connectivity index (χ1) is 5.57. The van der Waals surface area contributed by atoms with Crippen LogP contribution in [-0.2, 0) is 4.74 Å².